The van der Waals surface area contributed by atoms with Gasteiger partial charge in [0.1, 0.15) is 12.2 Å². The minimum absolute atomic E-state index is 0.0456. The molecule has 0 aromatic carbocycles. The predicted molar refractivity (Wildman–Crippen MR) is 260 cm³/mol. The Bertz CT molecular complexity index is 1110. The zero-order chi connectivity index (χ0) is 45.3. The Morgan fingerprint density at radius 3 is 1.32 bits per heavy atom. The van der Waals surface area contributed by atoms with E-state index in [-0.39, 0.29) is 25.6 Å². The highest BCUT2D eigenvalue weighted by molar-refractivity contribution is 7.47. The third-order valence-corrected chi connectivity index (χ3v) is 11.9. The summed E-state index contributed by atoms with van der Waals surface area (Å²) in [6.45, 7) is 3.50. The minimum Gasteiger partial charge on any atom is -0.457 e. The molecular weight excluding hydrogens is 800 g/mol. The number of hydrogen-bond donors (Lipinski definition) is 3. The summed E-state index contributed by atoms with van der Waals surface area (Å²) in [5.41, 5.74) is 0. The lowest BCUT2D eigenvalue weighted by atomic mass is 10.1. The fourth-order valence-corrected chi connectivity index (χ4v) is 7.85. The normalized spacial score (nSPS) is 14.2. The van der Waals surface area contributed by atoms with E-state index in [2.05, 4.69) is 62.5 Å². The number of aliphatic hydroxyl groups excluding tert-OH is 2. The van der Waals surface area contributed by atoms with E-state index in [0.717, 1.165) is 64.2 Å². The maximum atomic E-state index is 12.7. The Labute approximate surface area is 381 Å². The van der Waals surface area contributed by atoms with Crippen molar-refractivity contribution in [3.63, 3.8) is 0 Å². The number of rotatable bonds is 49. The number of ether oxygens (including phenoxy) is 2. The van der Waals surface area contributed by atoms with Crippen LogP contribution in [0.3, 0.4) is 0 Å². The second kappa shape index (κ2) is 48.9. The molecule has 0 heterocycles. The highest BCUT2D eigenvalue weighted by Crippen LogP contribution is 2.43. The van der Waals surface area contributed by atoms with Gasteiger partial charge < -0.3 is 24.6 Å². The molecule has 0 aliphatic carbocycles. The summed E-state index contributed by atoms with van der Waals surface area (Å²) < 4.78 is 33.5. The third-order valence-electron chi connectivity index (χ3n) is 11.0. The molecule has 10 heteroatoms. The van der Waals surface area contributed by atoms with Crippen LogP contribution >= 0.6 is 7.82 Å². The predicted octanol–water partition coefficient (Wildman–Crippen LogP) is 14.9. The molecule has 364 valence electrons. The van der Waals surface area contributed by atoms with Gasteiger partial charge >= 0.3 is 13.8 Å². The SMILES string of the molecule is CCCCC/C=C\C/C=C\CCCCCCCCCCCC(=O)OC(COCCCCCCCCCCCC/C=C\C/C=C\CCCCCCC)COP(=O)(O)OCC(O)CO. The molecule has 0 aliphatic heterocycles. The number of aliphatic hydroxyl groups is 2. The van der Waals surface area contributed by atoms with Gasteiger partial charge in [-0.25, -0.2) is 4.57 Å². The number of hydrogen-bond acceptors (Lipinski definition) is 8. The first-order valence-electron chi connectivity index (χ1n) is 25.6. The third kappa shape index (κ3) is 47.9. The van der Waals surface area contributed by atoms with Crippen molar-refractivity contribution in [3.05, 3.63) is 48.6 Å². The molecule has 0 rings (SSSR count). The van der Waals surface area contributed by atoms with Crippen LogP contribution in [0.5, 0.6) is 0 Å². The van der Waals surface area contributed by atoms with E-state index in [1.165, 1.54) is 148 Å². The first-order chi connectivity index (χ1) is 30.3. The number of phosphoric ester groups is 1. The monoisotopic (exact) mass is 897 g/mol. The van der Waals surface area contributed by atoms with Gasteiger partial charge in [0.25, 0.3) is 0 Å². The van der Waals surface area contributed by atoms with E-state index in [0.29, 0.717) is 6.61 Å². The number of carbonyl (C=O) groups is 1. The maximum absolute atomic E-state index is 12.7. The molecule has 0 aliphatic rings. The number of allylic oxidation sites excluding steroid dienone is 8. The van der Waals surface area contributed by atoms with Crippen molar-refractivity contribution < 1.29 is 43.0 Å². The maximum Gasteiger partial charge on any atom is 0.472 e. The van der Waals surface area contributed by atoms with Crippen LogP contribution in [-0.4, -0.2) is 66.3 Å². The second-order valence-electron chi connectivity index (χ2n) is 17.2. The van der Waals surface area contributed by atoms with Crippen LogP contribution in [0.1, 0.15) is 232 Å². The van der Waals surface area contributed by atoms with Gasteiger partial charge in [-0.1, -0.05) is 197 Å². The lowest BCUT2D eigenvalue weighted by molar-refractivity contribution is -0.154. The molecule has 0 saturated heterocycles. The molecule has 3 N–H and O–H groups in total. The highest BCUT2D eigenvalue weighted by atomic mass is 31.2. The molecule has 0 radical (unpaired) electrons. The van der Waals surface area contributed by atoms with Crippen LogP contribution in [0.25, 0.3) is 0 Å². The van der Waals surface area contributed by atoms with Gasteiger partial charge in [-0.05, 0) is 77.0 Å². The van der Waals surface area contributed by atoms with E-state index < -0.39 is 33.2 Å². The molecule has 0 amide bonds. The molecular formula is C52H97O9P. The van der Waals surface area contributed by atoms with Gasteiger partial charge in [-0.3, -0.25) is 13.8 Å². The van der Waals surface area contributed by atoms with Crippen molar-refractivity contribution in [2.24, 2.45) is 0 Å². The molecule has 0 spiro atoms. The second-order valence-corrected chi connectivity index (χ2v) is 18.6. The fourth-order valence-electron chi connectivity index (χ4n) is 7.06. The number of esters is 1. The molecule has 62 heavy (non-hydrogen) atoms. The largest absolute Gasteiger partial charge is 0.472 e. The average Bonchev–Trinajstić information content (AvgIpc) is 3.26. The van der Waals surface area contributed by atoms with Crippen molar-refractivity contribution in [1.82, 2.24) is 0 Å². The standard InChI is InChI=1S/C52H97O9P/c1-3-5-7-9-11-13-15-17-19-21-23-24-25-27-29-31-33-35-37-39-41-43-45-58-48-51(49-60-62(56,57)59-47-50(54)46-53)61-52(55)44-42-40-38-36-34-32-30-28-26-22-20-18-16-14-12-10-8-6-4-2/h12,14-15,17-18,20-21,23,50-51,53-54H,3-11,13,16,19,22,24-49H2,1-2H3,(H,56,57)/b14-12-,17-15-,20-18-,23-21-. The Morgan fingerprint density at radius 1 is 0.500 bits per heavy atom. The summed E-state index contributed by atoms with van der Waals surface area (Å²) in [6, 6.07) is 0. The molecule has 3 atom stereocenters. The van der Waals surface area contributed by atoms with E-state index in [1.54, 1.807) is 0 Å². The van der Waals surface area contributed by atoms with E-state index in [9.17, 15) is 19.4 Å². The molecule has 0 aromatic rings. The van der Waals surface area contributed by atoms with Crippen molar-refractivity contribution in [1.29, 1.82) is 0 Å². The summed E-state index contributed by atoms with van der Waals surface area (Å²) in [7, 11) is -4.53. The van der Waals surface area contributed by atoms with Crippen LogP contribution in [0.15, 0.2) is 48.6 Å². The summed E-state index contributed by atoms with van der Waals surface area (Å²) in [5, 5.41) is 18.4. The smallest absolute Gasteiger partial charge is 0.457 e. The number of phosphoric acid groups is 1. The fraction of sp³-hybridized carbons (Fsp3) is 0.827. The van der Waals surface area contributed by atoms with Crippen LogP contribution in [0, 0.1) is 0 Å². The molecule has 9 nitrogen and oxygen atoms in total. The van der Waals surface area contributed by atoms with Crippen molar-refractivity contribution in [2.45, 2.75) is 244 Å². The van der Waals surface area contributed by atoms with Gasteiger partial charge in [0.2, 0.25) is 0 Å². The zero-order valence-electron chi connectivity index (χ0n) is 40.1. The quantitative estimate of drug-likeness (QED) is 0.0236. The highest BCUT2D eigenvalue weighted by Gasteiger charge is 2.26. The summed E-state index contributed by atoms with van der Waals surface area (Å²) in [5.74, 6) is -0.387. The van der Waals surface area contributed by atoms with Crippen LogP contribution < -0.4 is 0 Å². The Kier molecular flexibility index (Phi) is 47.6. The molecule has 3 unspecified atom stereocenters. The van der Waals surface area contributed by atoms with Gasteiger partial charge in [-0.15, -0.1) is 0 Å². The minimum atomic E-state index is -4.53. The average molecular weight is 897 g/mol. The molecule has 0 fully saturated rings. The van der Waals surface area contributed by atoms with Crippen LogP contribution in [0.4, 0.5) is 0 Å². The lowest BCUT2D eigenvalue weighted by Crippen LogP contribution is -2.29. The van der Waals surface area contributed by atoms with Crippen LogP contribution in [-0.2, 0) is 27.9 Å². The molecule has 0 bridgehead atoms. The molecule has 0 aromatic heterocycles. The Balaban J connectivity index is 4.08. The molecule has 0 saturated carbocycles. The van der Waals surface area contributed by atoms with Gasteiger partial charge in [0.05, 0.1) is 26.4 Å². The Morgan fingerprint density at radius 2 is 0.871 bits per heavy atom. The number of unbranched alkanes of at least 4 members (excludes halogenated alkanes) is 27. The topological polar surface area (TPSA) is 132 Å². The first-order valence-corrected chi connectivity index (χ1v) is 27.1. The Hall–Kier alpha value is -1.58. The summed E-state index contributed by atoms with van der Waals surface area (Å²) >= 11 is 0. The van der Waals surface area contributed by atoms with Gasteiger partial charge in [0.15, 0.2) is 0 Å². The zero-order valence-corrected chi connectivity index (χ0v) is 41.0. The van der Waals surface area contributed by atoms with Gasteiger partial charge in [-0.2, -0.15) is 0 Å². The lowest BCUT2D eigenvalue weighted by Gasteiger charge is -2.20. The van der Waals surface area contributed by atoms with Crippen molar-refractivity contribution in [3.8, 4) is 0 Å². The summed E-state index contributed by atoms with van der Waals surface area (Å²) in [6.07, 6.45) is 56.4. The van der Waals surface area contributed by atoms with Crippen molar-refractivity contribution in [2.75, 3.05) is 33.0 Å². The van der Waals surface area contributed by atoms with E-state index in [1.807, 2.05) is 0 Å². The van der Waals surface area contributed by atoms with E-state index >= 15 is 0 Å². The number of carbonyl (C=O) groups excluding carboxylic acids is 1. The van der Waals surface area contributed by atoms with Crippen LogP contribution in [0.2, 0.25) is 0 Å². The first kappa shape index (κ1) is 60.4. The summed E-state index contributed by atoms with van der Waals surface area (Å²) in [4.78, 5) is 22.7. The van der Waals surface area contributed by atoms with E-state index in [4.69, 9.17) is 23.6 Å². The van der Waals surface area contributed by atoms with Gasteiger partial charge in [0, 0.05) is 13.0 Å². The van der Waals surface area contributed by atoms with Crippen molar-refractivity contribution >= 4 is 13.8 Å².